The number of hydrogen-bond acceptors (Lipinski definition) is 8. The number of carbonyl (C=O) groups excluding carboxylic acids is 1. The van der Waals surface area contributed by atoms with E-state index in [1.54, 1.807) is 24.2 Å². The molecule has 194 valence electrons. The van der Waals surface area contributed by atoms with Gasteiger partial charge in [-0.25, -0.2) is 9.97 Å². The minimum Gasteiger partial charge on any atom is -0.444 e. The van der Waals surface area contributed by atoms with Crippen LogP contribution < -0.4 is 10.6 Å². The van der Waals surface area contributed by atoms with Gasteiger partial charge in [0, 0.05) is 47.0 Å². The van der Waals surface area contributed by atoms with E-state index < -0.39 is 0 Å². The van der Waals surface area contributed by atoms with E-state index in [4.69, 9.17) is 4.42 Å². The molecule has 1 atom stereocenters. The van der Waals surface area contributed by atoms with Gasteiger partial charge in [0.25, 0.3) is 0 Å². The van der Waals surface area contributed by atoms with Crippen molar-refractivity contribution in [1.82, 2.24) is 15.3 Å². The normalized spacial score (nSPS) is 12.9. The highest BCUT2D eigenvalue weighted by atomic mass is 32.2. The van der Waals surface area contributed by atoms with Crippen LogP contribution in [0.2, 0.25) is 0 Å². The maximum atomic E-state index is 12.6. The van der Waals surface area contributed by atoms with Crippen molar-refractivity contribution in [3.63, 3.8) is 0 Å². The summed E-state index contributed by atoms with van der Waals surface area (Å²) in [5, 5.41) is 18.1. The lowest BCUT2D eigenvalue weighted by Gasteiger charge is -2.23. The summed E-state index contributed by atoms with van der Waals surface area (Å²) in [4.78, 5) is 22.2. The Balaban J connectivity index is 1.82. The van der Waals surface area contributed by atoms with Gasteiger partial charge >= 0.3 is 0 Å². The molecule has 9 heteroatoms. The quantitative estimate of drug-likeness (QED) is 0.204. The molecule has 0 aliphatic rings. The fourth-order valence-electron chi connectivity index (χ4n) is 3.29. The number of oxazole rings is 1. The number of aliphatic hydroxyl groups is 1. The van der Waals surface area contributed by atoms with Crippen molar-refractivity contribution in [2.45, 2.75) is 63.1 Å². The number of aromatic nitrogens is 2. The van der Waals surface area contributed by atoms with Crippen LogP contribution in [-0.2, 0) is 23.2 Å². The predicted octanol–water partition coefficient (Wildman–Crippen LogP) is 5.74. The Hall–Kier alpha value is -2.46. The van der Waals surface area contributed by atoms with E-state index in [0.29, 0.717) is 24.1 Å². The smallest absolute Gasteiger partial charge is 0.230 e. The first-order valence-corrected chi connectivity index (χ1v) is 13.6. The fourth-order valence-corrected chi connectivity index (χ4v) is 4.93. The van der Waals surface area contributed by atoms with Crippen LogP contribution in [-0.4, -0.2) is 34.1 Å². The van der Waals surface area contributed by atoms with Crippen molar-refractivity contribution in [1.29, 1.82) is 0 Å². The standard InChI is InChI=1S/C27H36N4O3S2/c1-7-20(24-30-15-22(34-24)26(2,3)4)36-21-12-18(13-23(33)31-25-29-10-11-35-25)8-9-19(21)14-28-16-27(5,6)17-32/h7-12,15,20,28,32H,1,13-14,16-17H2,2-6H3,(H,29,31,33). The molecule has 3 aromatic rings. The zero-order valence-corrected chi connectivity index (χ0v) is 23.3. The highest BCUT2D eigenvalue weighted by molar-refractivity contribution is 7.99. The number of anilines is 1. The Morgan fingerprint density at radius 2 is 2.06 bits per heavy atom. The van der Waals surface area contributed by atoms with Crippen LogP contribution in [0.1, 0.15) is 62.6 Å². The number of carbonyl (C=O) groups is 1. The number of hydrogen-bond donors (Lipinski definition) is 3. The molecule has 36 heavy (non-hydrogen) atoms. The van der Waals surface area contributed by atoms with Gasteiger partial charge in [-0.3, -0.25) is 4.79 Å². The van der Waals surface area contributed by atoms with E-state index in [1.165, 1.54) is 11.3 Å². The topological polar surface area (TPSA) is 100 Å². The van der Waals surface area contributed by atoms with E-state index in [9.17, 15) is 9.90 Å². The first-order valence-electron chi connectivity index (χ1n) is 11.9. The molecular formula is C27H36N4O3S2. The maximum absolute atomic E-state index is 12.6. The van der Waals surface area contributed by atoms with Crippen LogP contribution in [0, 0.1) is 5.41 Å². The molecular weight excluding hydrogens is 492 g/mol. The Kier molecular flexibility index (Phi) is 9.52. The van der Waals surface area contributed by atoms with Crippen molar-refractivity contribution >= 4 is 34.1 Å². The largest absolute Gasteiger partial charge is 0.444 e. The second-order valence-corrected chi connectivity index (χ2v) is 12.6. The summed E-state index contributed by atoms with van der Waals surface area (Å²) < 4.78 is 6.09. The fraction of sp³-hybridized carbons (Fsp3) is 0.444. The molecule has 1 unspecified atom stereocenters. The highest BCUT2D eigenvalue weighted by Crippen LogP contribution is 2.39. The zero-order valence-electron chi connectivity index (χ0n) is 21.6. The Morgan fingerprint density at radius 1 is 1.28 bits per heavy atom. The molecule has 0 radical (unpaired) electrons. The predicted molar refractivity (Wildman–Crippen MR) is 147 cm³/mol. The van der Waals surface area contributed by atoms with Crippen molar-refractivity contribution in [2.24, 2.45) is 5.41 Å². The van der Waals surface area contributed by atoms with E-state index in [0.717, 1.165) is 21.8 Å². The van der Waals surface area contributed by atoms with Crippen LogP contribution in [0.4, 0.5) is 5.13 Å². The van der Waals surface area contributed by atoms with Gasteiger partial charge < -0.3 is 20.2 Å². The molecule has 7 nitrogen and oxygen atoms in total. The average Bonchev–Trinajstić information content (AvgIpc) is 3.51. The van der Waals surface area contributed by atoms with Crippen molar-refractivity contribution < 1.29 is 14.3 Å². The van der Waals surface area contributed by atoms with Gasteiger partial charge in [-0.1, -0.05) is 52.8 Å². The van der Waals surface area contributed by atoms with E-state index in [2.05, 4.69) is 48.0 Å². The highest BCUT2D eigenvalue weighted by Gasteiger charge is 2.24. The third-order valence-corrected chi connectivity index (χ3v) is 7.47. The zero-order chi connectivity index (χ0) is 26.3. The molecule has 3 N–H and O–H groups in total. The summed E-state index contributed by atoms with van der Waals surface area (Å²) >= 11 is 2.99. The Labute approximate surface area is 221 Å². The molecule has 0 saturated heterocycles. The van der Waals surface area contributed by atoms with Crippen LogP contribution in [0.5, 0.6) is 0 Å². The molecule has 0 aliphatic heterocycles. The summed E-state index contributed by atoms with van der Waals surface area (Å²) in [6.45, 7) is 15.7. The summed E-state index contributed by atoms with van der Waals surface area (Å²) in [5.41, 5.74) is 1.64. The molecule has 0 spiro atoms. The summed E-state index contributed by atoms with van der Waals surface area (Å²) in [5.74, 6) is 1.32. The van der Waals surface area contributed by atoms with Crippen molar-refractivity contribution in [3.8, 4) is 0 Å². The monoisotopic (exact) mass is 528 g/mol. The van der Waals surface area contributed by atoms with Gasteiger partial charge in [0.1, 0.15) is 11.0 Å². The van der Waals surface area contributed by atoms with Gasteiger partial charge in [-0.15, -0.1) is 29.7 Å². The number of aliphatic hydroxyl groups excluding tert-OH is 1. The number of rotatable bonds is 12. The number of thioether (sulfide) groups is 1. The van der Waals surface area contributed by atoms with Gasteiger partial charge in [0.2, 0.25) is 11.8 Å². The number of amides is 1. The maximum Gasteiger partial charge on any atom is 0.230 e. The van der Waals surface area contributed by atoms with E-state index >= 15 is 0 Å². The average molecular weight is 529 g/mol. The van der Waals surface area contributed by atoms with Crippen molar-refractivity contribution in [2.75, 3.05) is 18.5 Å². The lowest BCUT2D eigenvalue weighted by atomic mass is 9.94. The molecule has 1 amide bonds. The summed E-state index contributed by atoms with van der Waals surface area (Å²) in [6.07, 6.45) is 5.52. The Morgan fingerprint density at radius 3 is 2.67 bits per heavy atom. The van der Waals surface area contributed by atoms with Crippen LogP contribution in [0.3, 0.4) is 0 Å². The number of benzene rings is 1. The van der Waals surface area contributed by atoms with Gasteiger partial charge in [0.15, 0.2) is 5.13 Å². The number of nitrogens with zero attached hydrogens (tertiary/aromatic N) is 2. The van der Waals surface area contributed by atoms with Crippen LogP contribution >= 0.6 is 23.1 Å². The third kappa shape index (κ3) is 8.03. The molecule has 1 aromatic carbocycles. The number of thiazole rings is 1. The SMILES string of the molecule is C=CC(Sc1cc(CC(=O)Nc2nccs2)ccc1CNCC(C)(C)CO)c1ncc(C(C)(C)C)o1. The molecule has 2 aromatic heterocycles. The second-order valence-electron chi connectivity index (χ2n) is 10.5. The van der Waals surface area contributed by atoms with E-state index in [1.807, 2.05) is 43.5 Å². The molecule has 3 rings (SSSR count). The molecule has 0 bridgehead atoms. The lowest BCUT2D eigenvalue weighted by Crippen LogP contribution is -2.32. The van der Waals surface area contributed by atoms with Gasteiger partial charge in [0.05, 0.1) is 12.6 Å². The third-order valence-electron chi connectivity index (χ3n) is 5.50. The first kappa shape index (κ1) is 28.1. The lowest BCUT2D eigenvalue weighted by molar-refractivity contribution is -0.115. The minimum absolute atomic E-state index is 0.105. The minimum atomic E-state index is -0.216. The molecule has 0 fully saturated rings. The second kappa shape index (κ2) is 12.2. The van der Waals surface area contributed by atoms with Gasteiger partial charge in [-0.2, -0.15) is 0 Å². The summed E-state index contributed by atoms with van der Waals surface area (Å²) in [7, 11) is 0. The van der Waals surface area contributed by atoms with Crippen molar-refractivity contribution in [3.05, 3.63) is 71.4 Å². The molecule has 0 aliphatic carbocycles. The number of nitrogens with one attached hydrogen (secondary N) is 2. The van der Waals surface area contributed by atoms with Gasteiger partial charge in [-0.05, 0) is 17.2 Å². The Bertz CT molecular complexity index is 1150. The van der Waals surface area contributed by atoms with Crippen LogP contribution in [0.25, 0.3) is 0 Å². The van der Waals surface area contributed by atoms with Crippen LogP contribution in [0.15, 0.2) is 57.9 Å². The first-order chi connectivity index (χ1) is 17.0. The van der Waals surface area contributed by atoms with E-state index in [-0.39, 0.29) is 35.0 Å². The summed E-state index contributed by atoms with van der Waals surface area (Å²) in [6, 6.07) is 6.07. The molecule has 0 saturated carbocycles. The molecule has 2 heterocycles.